The largest absolute Gasteiger partial charge is 0.477 e. The summed E-state index contributed by atoms with van der Waals surface area (Å²) in [6.07, 6.45) is 0.715. The van der Waals surface area contributed by atoms with Gasteiger partial charge in [-0.3, -0.25) is 0 Å². The molecule has 0 fully saturated rings. The molecule has 0 aromatic carbocycles. The van der Waals surface area contributed by atoms with Crippen molar-refractivity contribution < 1.29 is 9.90 Å². The fraction of sp³-hybridized carbons (Fsp3) is 0.400. The highest BCUT2D eigenvalue weighted by atomic mass is 32.2. The van der Waals surface area contributed by atoms with Gasteiger partial charge in [-0.15, -0.1) is 11.8 Å². The molecule has 50 valence electrons. The highest BCUT2D eigenvalue weighted by Crippen LogP contribution is 2.27. The molecule has 0 aromatic heterocycles. The number of carboxylic acids is 1. The lowest BCUT2D eigenvalue weighted by molar-refractivity contribution is -0.131. The number of aliphatic carboxylic acids is 1. The van der Waals surface area contributed by atoms with E-state index in [0.717, 1.165) is 5.75 Å². The molecule has 1 aliphatic rings. The van der Waals surface area contributed by atoms with Crippen molar-refractivity contribution in [1.82, 2.24) is 0 Å². The van der Waals surface area contributed by atoms with Gasteiger partial charge in [0.05, 0.1) is 0 Å². The van der Waals surface area contributed by atoms with Crippen molar-refractivity contribution in [2.24, 2.45) is 5.73 Å². The maximum atomic E-state index is 10.3. The van der Waals surface area contributed by atoms with Crippen LogP contribution in [0.1, 0.15) is 6.42 Å². The molecular formula is C5H7NO2S. The van der Waals surface area contributed by atoms with Gasteiger partial charge in [0.25, 0.3) is 0 Å². The average molecular weight is 145 g/mol. The van der Waals surface area contributed by atoms with Crippen molar-refractivity contribution in [3.63, 3.8) is 0 Å². The van der Waals surface area contributed by atoms with Gasteiger partial charge in [0.1, 0.15) is 4.91 Å². The van der Waals surface area contributed by atoms with E-state index in [1.165, 1.54) is 11.8 Å². The molecule has 9 heavy (non-hydrogen) atoms. The fourth-order valence-corrected chi connectivity index (χ4v) is 1.61. The zero-order valence-electron chi connectivity index (χ0n) is 4.76. The summed E-state index contributed by atoms with van der Waals surface area (Å²) in [6, 6.07) is 0. The molecule has 0 bridgehead atoms. The van der Waals surface area contributed by atoms with Crippen LogP contribution < -0.4 is 5.73 Å². The Morgan fingerprint density at radius 3 is 2.67 bits per heavy atom. The minimum Gasteiger partial charge on any atom is -0.477 e. The minimum absolute atomic E-state index is 0.329. The highest BCUT2D eigenvalue weighted by molar-refractivity contribution is 8.04. The molecule has 4 heteroatoms. The Kier molecular flexibility index (Phi) is 1.66. The summed E-state index contributed by atoms with van der Waals surface area (Å²) in [7, 11) is 0. The van der Waals surface area contributed by atoms with Crippen molar-refractivity contribution in [2.75, 3.05) is 5.75 Å². The first-order valence-corrected chi connectivity index (χ1v) is 3.55. The van der Waals surface area contributed by atoms with Gasteiger partial charge in [0.2, 0.25) is 0 Å². The normalized spacial score (nSPS) is 18.7. The zero-order valence-corrected chi connectivity index (χ0v) is 5.57. The van der Waals surface area contributed by atoms with E-state index in [2.05, 4.69) is 0 Å². The Hall–Kier alpha value is -0.640. The van der Waals surface area contributed by atoms with Crippen LogP contribution in [0.5, 0.6) is 0 Å². The first-order valence-electron chi connectivity index (χ1n) is 2.56. The van der Waals surface area contributed by atoms with Gasteiger partial charge in [0, 0.05) is 11.4 Å². The average Bonchev–Trinajstić information content (AvgIpc) is 2.13. The van der Waals surface area contributed by atoms with E-state index < -0.39 is 5.97 Å². The molecule has 3 N–H and O–H groups in total. The third-order valence-electron chi connectivity index (χ3n) is 1.10. The summed E-state index contributed by atoms with van der Waals surface area (Å²) in [5, 5.41) is 8.42. The van der Waals surface area contributed by atoms with Crippen LogP contribution in [-0.4, -0.2) is 16.8 Å². The minimum atomic E-state index is -0.894. The molecule has 0 radical (unpaired) electrons. The van der Waals surface area contributed by atoms with E-state index in [9.17, 15) is 4.79 Å². The van der Waals surface area contributed by atoms with Gasteiger partial charge in [-0.05, 0) is 6.42 Å². The van der Waals surface area contributed by atoms with Crippen LogP contribution >= 0.6 is 11.8 Å². The van der Waals surface area contributed by atoms with E-state index in [1.54, 1.807) is 0 Å². The number of thioether (sulfide) groups is 1. The predicted octanol–water partition coefficient (Wildman–Crippen LogP) is 0.378. The summed E-state index contributed by atoms with van der Waals surface area (Å²) < 4.78 is 0. The van der Waals surface area contributed by atoms with Gasteiger partial charge in [-0.2, -0.15) is 0 Å². The Balaban J connectivity index is 2.78. The SMILES string of the molecule is NC1=C(C(=O)O)SCC1. The van der Waals surface area contributed by atoms with Gasteiger partial charge in [0.15, 0.2) is 0 Å². The van der Waals surface area contributed by atoms with E-state index in [-0.39, 0.29) is 0 Å². The Bertz CT molecular complexity index is 176. The van der Waals surface area contributed by atoms with Crippen LogP contribution in [0.2, 0.25) is 0 Å². The van der Waals surface area contributed by atoms with E-state index in [4.69, 9.17) is 10.8 Å². The Morgan fingerprint density at radius 2 is 2.44 bits per heavy atom. The van der Waals surface area contributed by atoms with E-state index in [1.807, 2.05) is 0 Å². The predicted molar refractivity (Wildman–Crippen MR) is 35.9 cm³/mol. The zero-order chi connectivity index (χ0) is 6.85. The summed E-state index contributed by atoms with van der Waals surface area (Å²) in [4.78, 5) is 10.6. The number of nitrogens with two attached hydrogens (primary N) is 1. The van der Waals surface area contributed by atoms with Crippen molar-refractivity contribution in [1.29, 1.82) is 0 Å². The monoisotopic (exact) mass is 145 g/mol. The molecule has 0 aliphatic carbocycles. The lowest BCUT2D eigenvalue weighted by Crippen LogP contribution is -2.02. The molecule has 0 saturated heterocycles. The van der Waals surface area contributed by atoms with Crippen LogP contribution in [0.3, 0.4) is 0 Å². The topological polar surface area (TPSA) is 63.3 Å². The molecular weight excluding hydrogens is 138 g/mol. The van der Waals surface area contributed by atoms with Gasteiger partial charge < -0.3 is 10.8 Å². The van der Waals surface area contributed by atoms with Crippen molar-refractivity contribution in [3.05, 3.63) is 10.6 Å². The number of rotatable bonds is 1. The number of hydrogen-bond acceptors (Lipinski definition) is 3. The van der Waals surface area contributed by atoms with Crippen LogP contribution in [0.25, 0.3) is 0 Å². The van der Waals surface area contributed by atoms with E-state index >= 15 is 0 Å². The second-order valence-electron chi connectivity index (χ2n) is 1.76. The fourth-order valence-electron chi connectivity index (χ4n) is 0.668. The van der Waals surface area contributed by atoms with Gasteiger partial charge in [-0.25, -0.2) is 4.79 Å². The summed E-state index contributed by atoms with van der Waals surface area (Å²) in [5.41, 5.74) is 5.88. The molecule has 0 amide bonds. The molecule has 0 unspecified atom stereocenters. The Labute approximate surface area is 56.9 Å². The molecule has 0 spiro atoms. The van der Waals surface area contributed by atoms with Crippen molar-refractivity contribution >= 4 is 17.7 Å². The third-order valence-corrected chi connectivity index (χ3v) is 2.24. The molecule has 1 aliphatic heterocycles. The molecule has 0 saturated carbocycles. The highest BCUT2D eigenvalue weighted by Gasteiger charge is 2.17. The lowest BCUT2D eigenvalue weighted by atomic mass is 10.3. The summed E-state index contributed by atoms with van der Waals surface area (Å²) in [5.74, 6) is -0.0806. The molecule has 3 nitrogen and oxygen atoms in total. The quantitative estimate of drug-likeness (QED) is 0.560. The maximum Gasteiger partial charge on any atom is 0.343 e. The van der Waals surface area contributed by atoms with E-state index in [0.29, 0.717) is 17.0 Å². The molecule has 1 heterocycles. The number of allylic oxidation sites excluding steroid dienone is 1. The number of carbonyl (C=O) groups is 1. The first kappa shape index (κ1) is 6.48. The maximum absolute atomic E-state index is 10.3. The molecule has 0 atom stereocenters. The summed E-state index contributed by atoms with van der Waals surface area (Å²) >= 11 is 1.31. The van der Waals surface area contributed by atoms with Crippen LogP contribution in [0.15, 0.2) is 10.6 Å². The Morgan fingerprint density at radius 1 is 1.78 bits per heavy atom. The van der Waals surface area contributed by atoms with Crippen LogP contribution in [-0.2, 0) is 4.79 Å². The third kappa shape index (κ3) is 1.18. The van der Waals surface area contributed by atoms with Gasteiger partial charge >= 0.3 is 5.97 Å². The second kappa shape index (κ2) is 2.31. The van der Waals surface area contributed by atoms with Gasteiger partial charge in [-0.1, -0.05) is 0 Å². The molecule has 0 aromatic rings. The molecule has 1 rings (SSSR count). The standard InChI is InChI=1S/C5H7NO2S/c6-3-1-2-9-4(3)5(7)8/h1-2,6H2,(H,7,8). The number of carboxylic acid groups (broad SMARTS) is 1. The van der Waals surface area contributed by atoms with Crippen molar-refractivity contribution in [3.8, 4) is 0 Å². The smallest absolute Gasteiger partial charge is 0.343 e. The first-order chi connectivity index (χ1) is 4.22. The lowest BCUT2D eigenvalue weighted by Gasteiger charge is -1.91. The summed E-state index contributed by atoms with van der Waals surface area (Å²) in [6.45, 7) is 0. The van der Waals surface area contributed by atoms with Crippen LogP contribution in [0.4, 0.5) is 0 Å². The van der Waals surface area contributed by atoms with Crippen molar-refractivity contribution in [2.45, 2.75) is 6.42 Å². The number of hydrogen-bond donors (Lipinski definition) is 2. The van der Waals surface area contributed by atoms with Crippen LogP contribution in [0, 0.1) is 0 Å². The second-order valence-corrected chi connectivity index (χ2v) is 2.86.